The van der Waals surface area contributed by atoms with Crippen LogP contribution in [0.4, 0.5) is 5.82 Å². The molecular weight excluding hydrogens is 240 g/mol. The number of hydrogen-bond donors (Lipinski definition) is 0. The number of hydrogen-bond acceptors (Lipinski definition) is 2. The van der Waals surface area contributed by atoms with Gasteiger partial charge >= 0.3 is 0 Å². The molecule has 0 aliphatic carbocycles. The predicted octanol–water partition coefficient (Wildman–Crippen LogP) is 3.00. The van der Waals surface area contributed by atoms with Crippen molar-refractivity contribution in [3.63, 3.8) is 0 Å². The van der Waals surface area contributed by atoms with Crippen molar-refractivity contribution in [2.24, 2.45) is 0 Å². The summed E-state index contributed by atoms with van der Waals surface area (Å²) in [5, 5.41) is 0. The molecule has 78 valence electrons. The molecule has 0 amide bonds. The molecule has 1 aromatic rings. The molecule has 0 N–H and O–H groups in total. The van der Waals surface area contributed by atoms with Gasteiger partial charge in [-0.15, -0.1) is 0 Å². The molecule has 0 aromatic carbocycles. The molecule has 0 bridgehead atoms. The Hall–Kier alpha value is -0.570. The second-order valence-corrected chi connectivity index (χ2v) is 5.19. The SMILES string of the molecule is Cc1cccc(N(C)CCC(C)Br)n1. The minimum atomic E-state index is 0.565. The number of rotatable bonds is 4. The zero-order valence-corrected chi connectivity index (χ0v) is 10.6. The zero-order chi connectivity index (χ0) is 10.6. The predicted molar refractivity (Wildman–Crippen MR) is 65.3 cm³/mol. The number of aromatic nitrogens is 1. The Kier molecular flexibility index (Phi) is 4.39. The van der Waals surface area contributed by atoms with Crippen molar-refractivity contribution in [3.05, 3.63) is 23.9 Å². The summed E-state index contributed by atoms with van der Waals surface area (Å²) in [6.45, 7) is 5.21. The number of halogens is 1. The lowest BCUT2D eigenvalue weighted by molar-refractivity contribution is 0.777. The first-order valence-corrected chi connectivity index (χ1v) is 5.80. The number of aryl methyl sites for hydroxylation is 1. The van der Waals surface area contributed by atoms with Gasteiger partial charge in [0.15, 0.2) is 0 Å². The molecular formula is C11H17BrN2. The van der Waals surface area contributed by atoms with E-state index in [2.05, 4.69) is 39.8 Å². The third kappa shape index (κ3) is 3.66. The molecule has 1 aromatic heterocycles. The monoisotopic (exact) mass is 256 g/mol. The molecule has 1 atom stereocenters. The molecule has 2 nitrogen and oxygen atoms in total. The maximum atomic E-state index is 4.46. The van der Waals surface area contributed by atoms with Gasteiger partial charge in [0.1, 0.15) is 5.82 Å². The summed E-state index contributed by atoms with van der Waals surface area (Å²) >= 11 is 3.54. The zero-order valence-electron chi connectivity index (χ0n) is 9.00. The maximum absolute atomic E-state index is 4.46. The van der Waals surface area contributed by atoms with E-state index in [1.807, 2.05) is 25.1 Å². The highest BCUT2D eigenvalue weighted by molar-refractivity contribution is 9.09. The topological polar surface area (TPSA) is 16.1 Å². The standard InChI is InChI=1S/C11H17BrN2/c1-9(12)7-8-14(3)11-6-4-5-10(2)13-11/h4-6,9H,7-8H2,1-3H3. The lowest BCUT2D eigenvalue weighted by Gasteiger charge is -2.18. The van der Waals surface area contributed by atoms with Gasteiger partial charge < -0.3 is 4.90 Å². The van der Waals surface area contributed by atoms with Crippen molar-refractivity contribution in [2.45, 2.75) is 25.1 Å². The van der Waals surface area contributed by atoms with Gasteiger partial charge in [-0.1, -0.05) is 28.9 Å². The van der Waals surface area contributed by atoms with Crippen LogP contribution in [0.25, 0.3) is 0 Å². The number of anilines is 1. The minimum absolute atomic E-state index is 0.565. The average Bonchev–Trinajstić information content (AvgIpc) is 2.14. The Morgan fingerprint density at radius 2 is 2.21 bits per heavy atom. The molecule has 1 heterocycles. The van der Waals surface area contributed by atoms with Crippen molar-refractivity contribution in [1.82, 2.24) is 4.98 Å². The van der Waals surface area contributed by atoms with E-state index in [9.17, 15) is 0 Å². The largest absolute Gasteiger partial charge is 0.360 e. The van der Waals surface area contributed by atoms with Crippen LogP contribution in [0.1, 0.15) is 19.0 Å². The maximum Gasteiger partial charge on any atom is 0.128 e. The average molecular weight is 257 g/mol. The minimum Gasteiger partial charge on any atom is -0.360 e. The van der Waals surface area contributed by atoms with Crippen LogP contribution in [0.15, 0.2) is 18.2 Å². The summed E-state index contributed by atoms with van der Waals surface area (Å²) in [4.78, 5) is 7.21. The van der Waals surface area contributed by atoms with Gasteiger partial charge in [-0.05, 0) is 25.5 Å². The van der Waals surface area contributed by atoms with E-state index in [4.69, 9.17) is 0 Å². The van der Waals surface area contributed by atoms with E-state index < -0.39 is 0 Å². The highest BCUT2D eigenvalue weighted by Gasteiger charge is 2.03. The lowest BCUT2D eigenvalue weighted by Crippen LogP contribution is -2.21. The van der Waals surface area contributed by atoms with Gasteiger partial charge in [-0.25, -0.2) is 4.98 Å². The van der Waals surface area contributed by atoms with E-state index in [0.717, 1.165) is 24.5 Å². The van der Waals surface area contributed by atoms with Gasteiger partial charge in [-0.3, -0.25) is 0 Å². The van der Waals surface area contributed by atoms with E-state index in [0.29, 0.717) is 4.83 Å². The fourth-order valence-electron chi connectivity index (χ4n) is 1.23. The van der Waals surface area contributed by atoms with Crippen LogP contribution in [-0.4, -0.2) is 23.4 Å². The van der Waals surface area contributed by atoms with Crippen molar-refractivity contribution in [3.8, 4) is 0 Å². The lowest BCUT2D eigenvalue weighted by atomic mass is 10.3. The van der Waals surface area contributed by atoms with Gasteiger partial charge in [-0.2, -0.15) is 0 Å². The third-order valence-corrected chi connectivity index (χ3v) is 2.58. The van der Waals surface area contributed by atoms with Crippen LogP contribution >= 0.6 is 15.9 Å². The number of nitrogens with zero attached hydrogens (tertiary/aromatic N) is 2. The fourth-order valence-corrected chi connectivity index (χ4v) is 1.43. The van der Waals surface area contributed by atoms with E-state index in [1.54, 1.807) is 0 Å². The van der Waals surface area contributed by atoms with Crippen molar-refractivity contribution < 1.29 is 0 Å². The molecule has 14 heavy (non-hydrogen) atoms. The second-order valence-electron chi connectivity index (χ2n) is 3.63. The Balaban J connectivity index is 2.56. The van der Waals surface area contributed by atoms with E-state index in [1.165, 1.54) is 0 Å². The highest BCUT2D eigenvalue weighted by atomic mass is 79.9. The fraction of sp³-hybridized carbons (Fsp3) is 0.545. The summed E-state index contributed by atoms with van der Waals surface area (Å²) in [7, 11) is 2.08. The summed E-state index contributed by atoms with van der Waals surface area (Å²) in [5.41, 5.74) is 1.07. The smallest absolute Gasteiger partial charge is 0.128 e. The summed E-state index contributed by atoms with van der Waals surface area (Å²) < 4.78 is 0. The third-order valence-electron chi connectivity index (χ3n) is 2.13. The van der Waals surface area contributed by atoms with Crippen LogP contribution in [0, 0.1) is 6.92 Å². The molecule has 0 aliphatic rings. The first kappa shape index (κ1) is 11.5. The molecule has 1 rings (SSSR count). The van der Waals surface area contributed by atoms with Crippen molar-refractivity contribution >= 4 is 21.7 Å². The molecule has 0 fully saturated rings. The molecule has 0 spiro atoms. The first-order chi connectivity index (χ1) is 6.59. The summed E-state index contributed by atoms with van der Waals surface area (Å²) in [6, 6.07) is 6.11. The Morgan fingerprint density at radius 3 is 2.79 bits per heavy atom. The molecule has 1 unspecified atom stereocenters. The quantitative estimate of drug-likeness (QED) is 0.771. The summed E-state index contributed by atoms with van der Waals surface area (Å²) in [5.74, 6) is 1.05. The first-order valence-electron chi connectivity index (χ1n) is 4.88. The van der Waals surface area contributed by atoms with Gasteiger partial charge in [0, 0.05) is 24.1 Å². The summed E-state index contributed by atoms with van der Waals surface area (Å²) in [6.07, 6.45) is 1.13. The molecule has 0 aliphatic heterocycles. The van der Waals surface area contributed by atoms with Crippen LogP contribution < -0.4 is 4.90 Å². The van der Waals surface area contributed by atoms with Crippen molar-refractivity contribution in [2.75, 3.05) is 18.5 Å². The van der Waals surface area contributed by atoms with Crippen LogP contribution in [0.2, 0.25) is 0 Å². The van der Waals surface area contributed by atoms with Gasteiger partial charge in [0.05, 0.1) is 0 Å². The Morgan fingerprint density at radius 1 is 1.50 bits per heavy atom. The van der Waals surface area contributed by atoms with Gasteiger partial charge in [0.25, 0.3) is 0 Å². The Labute approximate surface area is 94.5 Å². The molecule has 0 radical (unpaired) electrons. The molecule has 0 saturated carbocycles. The second kappa shape index (κ2) is 5.35. The van der Waals surface area contributed by atoms with Gasteiger partial charge in [0.2, 0.25) is 0 Å². The van der Waals surface area contributed by atoms with Crippen molar-refractivity contribution in [1.29, 1.82) is 0 Å². The van der Waals surface area contributed by atoms with Crippen LogP contribution in [-0.2, 0) is 0 Å². The number of pyridine rings is 1. The van der Waals surface area contributed by atoms with Crippen LogP contribution in [0.5, 0.6) is 0 Å². The molecule has 3 heteroatoms. The molecule has 0 saturated heterocycles. The normalized spacial score (nSPS) is 12.6. The highest BCUT2D eigenvalue weighted by Crippen LogP contribution is 2.11. The van der Waals surface area contributed by atoms with E-state index in [-0.39, 0.29) is 0 Å². The number of alkyl halides is 1. The Bertz CT molecular complexity index is 286. The van der Waals surface area contributed by atoms with E-state index >= 15 is 0 Å². The van der Waals surface area contributed by atoms with Crippen LogP contribution in [0.3, 0.4) is 0 Å².